The van der Waals surface area contributed by atoms with Gasteiger partial charge in [-0.05, 0) is 25.8 Å². The van der Waals surface area contributed by atoms with Gasteiger partial charge in [0.25, 0.3) is 0 Å². The van der Waals surface area contributed by atoms with Crippen LogP contribution in [0.4, 0.5) is 5.69 Å². The zero-order chi connectivity index (χ0) is 13.3. The molecule has 1 heterocycles. The number of anilines is 1. The van der Waals surface area contributed by atoms with Gasteiger partial charge >= 0.3 is 0 Å². The largest absolute Gasteiger partial charge is 0.327 e. The Morgan fingerprint density at radius 3 is 2.83 bits per heavy atom. The lowest BCUT2D eigenvalue weighted by atomic mass is 9.84. The summed E-state index contributed by atoms with van der Waals surface area (Å²) in [5, 5.41) is 2.84. The van der Waals surface area contributed by atoms with Crippen LogP contribution in [0.2, 0.25) is 0 Å². The number of nitrogens with two attached hydrogens (primary N) is 1. The van der Waals surface area contributed by atoms with Crippen molar-refractivity contribution in [2.24, 2.45) is 18.2 Å². The third-order valence-corrected chi connectivity index (χ3v) is 3.89. The Bertz CT molecular complexity index is 523. The Hall–Kier alpha value is -1.62. The minimum Gasteiger partial charge on any atom is -0.327 e. The van der Waals surface area contributed by atoms with Crippen molar-refractivity contribution in [3.8, 4) is 0 Å². The summed E-state index contributed by atoms with van der Waals surface area (Å²) in [5.41, 5.74) is 6.03. The summed E-state index contributed by atoms with van der Waals surface area (Å²) in [4.78, 5) is 23.5. The molecule has 0 saturated heterocycles. The molecule has 18 heavy (non-hydrogen) atoms. The number of nitrogens with zero attached hydrogens (tertiary/aromatic N) is 1. The first-order valence-corrected chi connectivity index (χ1v) is 6.17. The van der Waals surface area contributed by atoms with Gasteiger partial charge in [-0.15, -0.1) is 0 Å². The molecule has 1 fully saturated rings. The van der Waals surface area contributed by atoms with Crippen molar-refractivity contribution >= 4 is 11.6 Å². The van der Waals surface area contributed by atoms with Gasteiger partial charge in [-0.2, -0.15) is 0 Å². The number of amides is 1. The molecule has 2 atom stereocenters. The van der Waals surface area contributed by atoms with Crippen molar-refractivity contribution in [2.45, 2.75) is 32.2 Å². The molecule has 1 saturated carbocycles. The van der Waals surface area contributed by atoms with Crippen LogP contribution in [0.5, 0.6) is 0 Å². The van der Waals surface area contributed by atoms with Gasteiger partial charge < -0.3 is 15.6 Å². The fraction of sp³-hybridized carbons (Fsp3) is 0.538. The minimum absolute atomic E-state index is 0.0638. The highest BCUT2D eigenvalue weighted by Crippen LogP contribution is 2.37. The Balaban J connectivity index is 2.16. The molecule has 0 spiro atoms. The summed E-state index contributed by atoms with van der Waals surface area (Å²) < 4.78 is 1.44. The lowest BCUT2D eigenvalue weighted by Crippen LogP contribution is -2.44. The zero-order valence-electron chi connectivity index (χ0n) is 10.8. The second-order valence-electron chi connectivity index (χ2n) is 5.24. The second kappa shape index (κ2) is 4.57. The van der Waals surface area contributed by atoms with Gasteiger partial charge in [0, 0.05) is 25.4 Å². The quantitative estimate of drug-likeness (QED) is 0.815. The highest BCUT2D eigenvalue weighted by atomic mass is 16.2. The topological polar surface area (TPSA) is 77.1 Å². The average Bonchev–Trinajstić information content (AvgIpc) is 2.66. The van der Waals surface area contributed by atoms with Crippen LogP contribution < -0.4 is 16.6 Å². The van der Waals surface area contributed by atoms with Crippen molar-refractivity contribution in [1.29, 1.82) is 0 Å². The average molecular weight is 249 g/mol. The monoisotopic (exact) mass is 249 g/mol. The summed E-state index contributed by atoms with van der Waals surface area (Å²) in [5.74, 6) is -0.0638. The van der Waals surface area contributed by atoms with Crippen molar-refractivity contribution in [1.82, 2.24) is 4.57 Å². The number of carbonyl (C=O) groups excluding carboxylic acids is 1. The minimum atomic E-state index is -0.505. The molecule has 0 aromatic carbocycles. The number of aromatic nitrogens is 1. The van der Waals surface area contributed by atoms with E-state index in [1.165, 1.54) is 10.6 Å². The van der Waals surface area contributed by atoms with Gasteiger partial charge in [0.05, 0.1) is 11.1 Å². The Morgan fingerprint density at radius 2 is 2.28 bits per heavy atom. The van der Waals surface area contributed by atoms with Crippen LogP contribution in [-0.2, 0) is 11.8 Å². The van der Waals surface area contributed by atoms with Crippen LogP contribution in [0.25, 0.3) is 0 Å². The third-order valence-electron chi connectivity index (χ3n) is 3.89. The molecule has 1 aliphatic carbocycles. The summed E-state index contributed by atoms with van der Waals surface area (Å²) in [6.07, 6.45) is 4.30. The maximum Gasteiger partial charge on any atom is 0.250 e. The highest BCUT2D eigenvalue weighted by Gasteiger charge is 2.42. The van der Waals surface area contributed by atoms with Crippen LogP contribution in [0.3, 0.4) is 0 Å². The molecule has 1 aliphatic rings. The van der Waals surface area contributed by atoms with Crippen LogP contribution in [-0.4, -0.2) is 16.5 Å². The number of carbonyl (C=O) groups is 1. The van der Waals surface area contributed by atoms with Crippen LogP contribution >= 0.6 is 0 Å². The lowest BCUT2D eigenvalue weighted by Gasteiger charge is -2.27. The Labute approximate surface area is 106 Å². The molecule has 3 N–H and O–H groups in total. The van der Waals surface area contributed by atoms with Crippen molar-refractivity contribution in [3.05, 3.63) is 28.7 Å². The van der Waals surface area contributed by atoms with Gasteiger partial charge in [0.15, 0.2) is 0 Å². The standard InChI is InChI=1S/C13H19N3O2/c1-13(7-3-4-10(13)14)12(18)15-9-5-6-11(17)16(2)8-9/h5-6,8,10H,3-4,7,14H2,1-2H3,(H,15,18). The predicted octanol–water partition coefficient (Wildman–Crippen LogP) is 0.841. The molecule has 1 aromatic rings. The fourth-order valence-electron chi connectivity index (χ4n) is 2.42. The van der Waals surface area contributed by atoms with Gasteiger partial charge in [-0.1, -0.05) is 6.42 Å². The van der Waals surface area contributed by atoms with E-state index in [2.05, 4.69) is 5.32 Å². The smallest absolute Gasteiger partial charge is 0.250 e. The normalized spacial score (nSPS) is 27.2. The summed E-state index contributed by atoms with van der Waals surface area (Å²) in [6, 6.07) is 2.96. The van der Waals surface area contributed by atoms with Gasteiger partial charge in [-0.25, -0.2) is 0 Å². The number of aryl methyl sites for hydroxylation is 1. The molecule has 2 unspecified atom stereocenters. The van der Waals surface area contributed by atoms with Crippen molar-refractivity contribution in [3.63, 3.8) is 0 Å². The summed E-state index contributed by atoms with van der Waals surface area (Å²) in [7, 11) is 1.65. The van der Waals surface area contributed by atoms with Crippen molar-refractivity contribution < 1.29 is 4.79 Å². The SMILES string of the molecule is Cn1cc(NC(=O)C2(C)CCCC2N)ccc1=O. The van der Waals surface area contributed by atoms with E-state index in [9.17, 15) is 9.59 Å². The molecule has 5 nitrogen and oxygen atoms in total. The number of rotatable bonds is 2. The molecule has 2 rings (SSSR count). The van der Waals surface area contributed by atoms with E-state index >= 15 is 0 Å². The van der Waals surface area contributed by atoms with Gasteiger partial charge in [0.2, 0.25) is 11.5 Å². The van der Waals surface area contributed by atoms with E-state index in [0.29, 0.717) is 5.69 Å². The van der Waals surface area contributed by atoms with Crippen LogP contribution in [0.1, 0.15) is 26.2 Å². The van der Waals surface area contributed by atoms with E-state index in [-0.39, 0.29) is 17.5 Å². The van der Waals surface area contributed by atoms with Crippen molar-refractivity contribution in [2.75, 3.05) is 5.32 Å². The maximum absolute atomic E-state index is 12.3. The number of pyridine rings is 1. The van der Waals surface area contributed by atoms with E-state index < -0.39 is 5.41 Å². The van der Waals surface area contributed by atoms with E-state index in [4.69, 9.17) is 5.73 Å². The third kappa shape index (κ3) is 2.18. The van der Waals surface area contributed by atoms with E-state index in [0.717, 1.165) is 19.3 Å². The van der Waals surface area contributed by atoms with E-state index in [1.807, 2.05) is 6.92 Å². The zero-order valence-corrected chi connectivity index (χ0v) is 10.8. The number of hydrogen-bond donors (Lipinski definition) is 2. The Kier molecular flexibility index (Phi) is 3.26. The molecular formula is C13H19N3O2. The summed E-state index contributed by atoms with van der Waals surface area (Å²) in [6.45, 7) is 1.90. The van der Waals surface area contributed by atoms with Crippen LogP contribution in [0.15, 0.2) is 23.1 Å². The number of hydrogen-bond acceptors (Lipinski definition) is 3. The molecule has 0 radical (unpaired) electrons. The fourth-order valence-corrected chi connectivity index (χ4v) is 2.42. The van der Waals surface area contributed by atoms with Crippen LogP contribution in [0, 0.1) is 5.41 Å². The lowest BCUT2D eigenvalue weighted by molar-refractivity contribution is -0.125. The summed E-state index contributed by atoms with van der Waals surface area (Å²) >= 11 is 0. The van der Waals surface area contributed by atoms with Gasteiger partial charge in [0.1, 0.15) is 0 Å². The Morgan fingerprint density at radius 1 is 1.56 bits per heavy atom. The molecule has 1 amide bonds. The van der Waals surface area contributed by atoms with Gasteiger partial charge in [-0.3, -0.25) is 9.59 Å². The first-order chi connectivity index (χ1) is 8.43. The molecule has 0 bridgehead atoms. The molecule has 0 aliphatic heterocycles. The molecule has 1 aromatic heterocycles. The highest BCUT2D eigenvalue weighted by molar-refractivity contribution is 5.95. The first kappa shape index (κ1) is 12.8. The number of nitrogens with one attached hydrogen (secondary N) is 1. The molecular weight excluding hydrogens is 230 g/mol. The maximum atomic E-state index is 12.3. The first-order valence-electron chi connectivity index (χ1n) is 6.17. The molecule has 5 heteroatoms. The second-order valence-corrected chi connectivity index (χ2v) is 5.24. The van der Waals surface area contributed by atoms with E-state index in [1.54, 1.807) is 19.3 Å². The predicted molar refractivity (Wildman–Crippen MR) is 70.2 cm³/mol. The molecule has 98 valence electrons.